The molecule has 1 aromatic heterocycles. The Labute approximate surface area is 173 Å². The molecule has 0 fully saturated rings. The van der Waals surface area contributed by atoms with E-state index in [9.17, 15) is 9.90 Å². The molecule has 5 rings (SSSR count). The third-order valence-electron chi connectivity index (χ3n) is 5.18. The zero-order valence-corrected chi connectivity index (χ0v) is 16.1. The lowest BCUT2D eigenvalue weighted by atomic mass is 10.0. The van der Waals surface area contributed by atoms with Gasteiger partial charge in [-0.1, -0.05) is 66.7 Å². The molecular weight excluding hydrogens is 372 g/mol. The Bertz CT molecular complexity index is 1350. The Morgan fingerprint density at radius 2 is 1.40 bits per heavy atom. The average Bonchev–Trinajstić information content (AvgIpc) is 3.25. The van der Waals surface area contributed by atoms with E-state index in [1.807, 2.05) is 47.1 Å². The zero-order valence-electron chi connectivity index (χ0n) is 16.1. The molecule has 4 heteroatoms. The van der Waals surface area contributed by atoms with Crippen LogP contribution >= 0.6 is 0 Å². The molecular formula is C26H18N2O2. The van der Waals surface area contributed by atoms with Gasteiger partial charge in [0.05, 0.1) is 22.6 Å². The molecule has 0 radical (unpaired) electrons. The highest BCUT2D eigenvalue weighted by Crippen LogP contribution is 2.30. The molecule has 144 valence electrons. The molecule has 30 heavy (non-hydrogen) atoms. The number of hydrogen-bond acceptors (Lipinski definition) is 2. The molecule has 1 heterocycles. The first-order chi connectivity index (χ1) is 14.7. The van der Waals surface area contributed by atoms with E-state index in [0.717, 1.165) is 33.6 Å². The Balaban J connectivity index is 1.69. The fourth-order valence-electron chi connectivity index (χ4n) is 3.63. The van der Waals surface area contributed by atoms with Crippen molar-refractivity contribution in [3.05, 3.63) is 109 Å². The number of hydrogen-bond donors (Lipinski definition) is 1. The van der Waals surface area contributed by atoms with E-state index in [0.29, 0.717) is 0 Å². The summed E-state index contributed by atoms with van der Waals surface area (Å²) < 4.78 is 1.87. The van der Waals surface area contributed by atoms with Gasteiger partial charge >= 0.3 is 5.97 Å². The summed E-state index contributed by atoms with van der Waals surface area (Å²) in [5, 5.41) is 16.4. The van der Waals surface area contributed by atoms with Crippen LogP contribution in [0.15, 0.2) is 103 Å². The van der Waals surface area contributed by atoms with Gasteiger partial charge in [0.15, 0.2) is 0 Å². The van der Waals surface area contributed by atoms with Crippen LogP contribution < -0.4 is 0 Å². The van der Waals surface area contributed by atoms with Crippen LogP contribution in [0.4, 0.5) is 0 Å². The van der Waals surface area contributed by atoms with Crippen LogP contribution in [0.1, 0.15) is 10.4 Å². The Kier molecular flexibility index (Phi) is 4.37. The number of aromatic carboxylic acids is 1. The lowest BCUT2D eigenvalue weighted by Gasteiger charge is -2.09. The summed E-state index contributed by atoms with van der Waals surface area (Å²) in [6.07, 6.45) is 0. The standard InChI is InChI=1S/C26H18N2O2/c29-26(30)20-12-14-23(15-13-20)28-25(17-24(27-28)19-7-2-1-3-8-19)22-11-10-18-6-4-5-9-21(18)16-22/h1-17H,(H,29,30). The van der Waals surface area contributed by atoms with Crippen LogP contribution in [0.2, 0.25) is 0 Å². The van der Waals surface area contributed by atoms with Gasteiger partial charge < -0.3 is 5.11 Å². The molecule has 0 bridgehead atoms. The maximum atomic E-state index is 11.2. The van der Waals surface area contributed by atoms with Crippen molar-refractivity contribution in [3.63, 3.8) is 0 Å². The summed E-state index contributed by atoms with van der Waals surface area (Å²) in [5.74, 6) is -0.943. The first-order valence-corrected chi connectivity index (χ1v) is 9.67. The topological polar surface area (TPSA) is 55.1 Å². The van der Waals surface area contributed by atoms with Crippen molar-refractivity contribution >= 4 is 16.7 Å². The molecule has 0 amide bonds. The van der Waals surface area contributed by atoms with E-state index in [1.54, 1.807) is 24.3 Å². The molecule has 1 N–H and O–H groups in total. The minimum absolute atomic E-state index is 0.251. The molecule has 0 saturated carbocycles. The zero-order chi connectivity index (χ0) is 20.5. The largest absolute Gasteiger partial charge is 0.478 e. The molecule has 0 spiro atoms. The molecule has 0 aliphatic carbocycles. The average molecular weight is 390 g/mol. The number of carboxylic acids is 1. The van der Waals surface area contributed by atoms with E-state index in [2.05, 4.69) is 36.4 Å². The quantitative estimate of drug-likeness (QED) is 0.406. The highest BCUT2D eigenvalue weighted by Gasteiger charge is 2.14. The number of carbonyl (C=O) groups is 1. The van der Waals surface area contributed by atoms with Gasteiger partial charge in [-0.2, -0.15) is 5.10 Å². The summed E-state index contributed by atoms with van der Waals surface area (Å²) in [5.41, 5.74) is 4.95. The summed E-state index contributed by atoms with van der Waals surface area (Å²) in [6.45, 7) is 0. The van der Waals surface area contributed by atoms with Crippen molar-refractivity contribution in [1.82, 2.24) is 9.78 Å². The van der Waals surface area contributed by atoms with Crippen molar-refractivity contribution in [3.8, 4) is 28.2 Å². The molecule has 0 saturated heterocycles. The van der Waals surface area contributed by atoms with Crippen molar-refractivity contribution in [2.45, 2.75) is 0 Å². The van der Waals surface area contributed by atoms with Gasteiger partial charge in [-0.25, -0.2) is 9.48 Å². The molecule has 0 unspecified atom stereocenters. The Hall–Kier alpha value is -4.18. The fraction of sp³-hybridized carbons (Fsp3) is 0. The summed E-state index contributed by atoms with van der Waals surface area (Å²) >= 11 is 0. The number of rotatable bonds is 4. The van der Waals surface area contributed by atoms with E-state index in [-0.39, 0.29) is 5.56 Å². The van der Waals surface area contributed by atoms with Crippen molar-refractivity contribution < 1.29 is 9.90 Å². The first-order valence-electron chi connectivity index (χ1n) is 9.67. The molecule has 4 nitrogen and oxygen atoms in total. The van der Waals surface area contributed by atoms with Crippen molar-refractivity contribution in [2.75, 3.05) is 0 Å². The lowest BCUT2D eigenvalue weighted by molar-refractivity contribution is 0.0697. The SMILES string of the molecule is O=C(O)c1ccc(-n2nc(-c3ccccc3)cc2-c2ccc3ccccc3c2)cc1. The number of aromatic nitrogens is 2. The second-order valence-electron chi connectivity index (χ2n) is 7.11. The fourth-order valence-corrected chi connectivity index (χ4v) is 3.63. The molecule has 0 aliphatic heterocycles. The maximum Gasteiger partial charge on any atom is 0.335 e. The normalized spacial score (nSPS) is 10.9. The molecule has 5 aromatic rings. The predicted molar refractivity (Wildman–Crippen MR) is 119 cm³/mol. The van der Waals surface area contributed by atoms with Crippen LogP contribution in [-0.4, -0.2) is 20.9 Å². The van der Waals surface area contributed by atoms with Gasteiger partial charge in [0.1, 0.15) is 0 Å². The third kappa shape index (κ3) is 3.25. The lowest BCUT2D eigenvalue weighted by Crippen LogP contribution is -2.01. The van der Waals surface area contributed by atoms with Gasteiger partial charge in [0.25, 0.3) is 0 Å². The van der Waals surface area contributed by atoms with Crippen LogP contribution in [0.3, 0.4) is 0 Å². The minimum Gasteiger partial charge on any atom is -0.478 e. The molecule has 0 aliphatic rings. The van der Waals surface area contributed by atoms with E-state index >= 15 is 0 Å². The number of nitrogens with zero attached hydrogens (tertiary/aromatic N) is 2. The predicted octanol–water partition coefficient (Wildman–Crippen LogP) is 6.06. The van der Waals surface area contributed by atoms with Gasteiger partial charge in [0, 0.05) is 11.1 Å². The second-order valence-corrected chi connectivity index (χ2v) is 7.11. The highest BCUT2D eigenvalue weighted by molar-refractivity contribution is 5.88. The number of carboxylic acid groups (broad SMARTS) is 1. The Morgan fingerprint density at radius 1 is 0.700 bits per heavy atom. The monoisotopic (exact) mass is 390 g/mol. The van der Waals surface area contributed by atoms with E-state index in [4.69, 9.17) is 5.10 Å². The smallest absolute Gasteiger partial charge is 0.335 e. The van der Waals surface area contributed by atoms with Crippen LogP contribution in [0.5, 0.6) is 0 Å². The van der Waals surface area contributed by atoms with Crippen LogP contribution in [0, 0.1) is 0 Å². The number of fused-ring (bicyclic) bond motifs is 1. The van der Waals surface area contributed by atoms with Gasteiger partial charge in [-0.05, 0) is 47.2 Å². The van der Waals surface area contributed by atoms with Crippen molar-refractivity contribution in [2.24, 2.45) is 0 Å². The molecule has 4 aromatic carbocycles. The summed E-state index contributed by atoms with van der Waals surface area (Å²) in [4.78, 5) is 11.2. The van der Waals surface area contributed by atoms with Crippen molar-refractivity contribution in [1.29, 1.82) is 0 Å². The van der Waals surface area contributed by atoms with Crippen LogP contribution in [-0.2, 0) is 0 Å². The first kappa shape index (κ1) is 17.9. The van der Waals surface area contributed by atoms with Gasteiger partial charge in [-0.15, -0.1) is 0 Å². The molecule has 0 atom stereocenters. The van der Waals surface area contributed by atoms with Gasteiger partial charge in [0.2, 0.25) is 0 Å². The second kappa shape index (κ2) is 7.33. The third-order valence-corrected chi connectivity index (χ3v) is 5.18. The number of benzene rings is 4. The van der Waals surface area contributed by atoms with E-state index < -0.39 is 5.97 Å². The summed E-state index contributed by atoms with van der Waals surface area (Å²) in [6, 6.07) is 33.5. The van der Waals surface area contributed by atoms with Crippen LogP contribution in [0.25, 0.3) is 39.0 Å². The minimum atomic E-state index is -0.943. The maximum absolute atomic E-state index is 11.2. The van der Waals surface area contributed by atoms with Gasteiger partial charge in [-0.3, -0.25) is 0 Å². The van der Waals surface area contributed by atoms with E-state index in [1.165, 1.54) is 5.39 Å². The summed E-state index contributed by atoms with van der Waals surface area (Å²) in [7, 11) is 0. The Morgan fingerprint density at radius 3 is 2.13 bits per heavy atom. The highest BCUT2D eigenvalue weighted by atomic mass is 16.4.